The summed E-state index contributed by atoms with van der Waals surface area (Å²) in [5.41, 5.74) is 4.05. The molecule has 0 saturated carbocycles. The molecule has 0 amide bonds. The Kier molecular flexibility index (Phi) is 3.27. The number of hydrogen-bond donors (Lipinski definition) is 0. The van der Waals surface area contributed by atoms with Crippen LogP contribution >= 0.6 is 11.8 Å². The van der Waals surface area contributed by atoms with Crippen LogP contribution in [0.1, 0.15) is 0 Å². The van der Waals surface area contributed by atoms with Gasteiger partial charge in [-0.2, -0.15) is 13.2 Å². The fourth-order valence-corrected chi connectivity index (χ4v) is 1.31. The van der Waals surface area contributed by atoms with Gasteiger partial charge in [0.1, 0.15) is 0 Å². The molecule has 0 saturated heterocycles. The molecule has 0 spiro atoms. The highest BCUT2D eigenvalue weighted by Crippen LogP contribution is 2.37. The predicted molar refractivity (Wildman–Crippen MR) is 47.2 cm³/mol. The van der Waals surface area contributed by atoms with Crippen LogP contribution in [0.5, 0.6) is 0 Å². The van der Waals surface area contributed by atoms with Crippen LogP contribution in [0.25, 0.3) is 10.4 Å². The van der Waals surface area contributed by atoms with Crippen molar-refractivity contribution >= 4 is 17.4 Å². The first-order valence-electron chi connectivity index (χ1n) is 3.42. The fourth-order valence-electron chi connectivity index (χ4n) is 0.766. The van der Waals surface area contributed by atoms with E-state index in [1.807, 2.05) is 0 Å². The first kappa shape index (κ1) is 10.7. The summed E-state index contributed by atoms with van der Waals surface area (Å²) in [5.74, 6) is 0. The van der Waals surface area contributed by atoms with E-state index in [-0.39, 0.29) is 16.7 Å². The van der Waals surface area contributed by atoms with E-state index in [1.54, 1.807) is 0 Å². The molecule has 0 radical (unpaired) electrons. The molecule has 0 aliphatic carbocycles. The summed E-state index contributed by atoms with van der Waals surface area (Å²) in [6.45, 7) is 0. The monoisotopic (exact) mass is 219 g/mol. The van der Waals surface area contributed by atoms with Crippen molar-refractivity contribution in [1.29, 1.82) is 0 Å². The molecule has 0 heterocycles. The number of benzene rings is 1. The lowest BCUT2D eigenvalue weighted by atomic mass is 10.3. The van der Waals surface area contributed by atoms with Crippen LogP contribution in [0.4, 0.5) is 18.9 Å². The maximum Gasteiger partial charge on any atom is 0.446 e. The van der Waals surface area contributed by atoms with Crippen LogP contribution in [0.2, 0.25) is 0 Å². The van der Waals surface area contributed by atoms with Crippen LogP contribution in [0.3, 0.4) is 0 Å². The summed E-state index contributed by atoms with van der Waals surface area (Å²) in [6, 6.07) is 5.16. The molecule has 0 bridgehead atoms. The third-order valence-corrected chi connectivity index (χ3v) is 1.97. The standard InChI is InChI=1S/C7H4F3N3S/c8-7(9,10)14-6-3-1-5(2-4-6)12-13-11/h1-4H. The summed E-state index contributed by atoms with van der Waals surface area (Å²) in [6.07, 6.45) is 0. The van der Waals surface area contributed by atoms with Gasteiger partial charge in [0.25, 0.3) is 0 Å². The summed E-state index contributed by atoms with van der Waals surface area (Å²) in [5, 5.41) is 3.23. The molecule has 7 heteroatoms. The Balaban J connectivity index is 2.78. The number of alkyl halides is 3. The van der Waals surface area contributed by atoms with Crippen LogP contribution in [0.15, 0.2) is 34.3 Å². The quantitative estimate of drug-likeness (QED) is 0.317. The van der Waals surface area contributed by atoms with Crippen LogP contribution in [-0.4, -0.2) is 5.51 Å². The molecule has 0 N–H and O–H groups in total. The highest BCUT2D eigenvalue weighted by Gasteiger charge is 2.28. The van der Waals surface area contributed by atoms with Gasteiger partial charge >= 0.3 is 5.51 Å². The Morgan fingerprint density at radius 1 is 1.21 bits per heavy atom. The number of azide groups is 1. The van der Waals surface area contributed by atoms with Gasteiger partial charge in [-0.05, 0) is 29.4 Å². The number of hydrogen-bond acceptors (Lipinski definition) is 2. The van der Waals surface area contributed by atoms with Crippen molar-refractivity contribution in [2.75, 3.05) is 0 Å². The normalized spacial score (nSPS) is 10.8. The minimum Gasteiger partial charge on any atom is -0.160 e. The molecule has 1 rings (SSSR count). The van der Waals surface area contributed by atoms with Gasteiger partial charge in [0.05, 0.1) is 0 Å². The Morgan fingerprint density at radius 2 is 1.79 bits per heavy atom. The molecular weight excluding hydrogens is 215 g/mol. The zero-order valence-electron chi connectivity index (χ0n) is 6.69. The molecule has 0 aliphatic rings. The van der Waals surface area contributed by atoms with E-state index in [0.717, 1.165) is 0 Å². The van der Waals surface area contributed by atoms with E-state index < -0.39 is 5.51 Å². The lowest BCUT2D eigenvalue weighted by Gasteiger charge is -2.04. The molecule has 0 unspecified atom stereocenters. The van der Waals surface area contributed by atoms with Crippen molar-refractivity contribution in [3.8, 4) is 0 Å². The second-order valence-electron chi connectivity index (χ2n) is 2.23. The van der Waals surface area contributed by atoms with Crippen molar-refractivity contribution in [2.45, 2.75) is 10.4 Å². The molecule has 0 atom stereocenters. The van der Waals surface area contributed by atoms with Crippen molar-refractivity contribution in [2.24, 2.45) is 5.11 Å². The van der Waals surface area contributed by atoms with Gasteiger partial charge in [-0.1, -0.05) is 17.2 Å². The maximum absolute atomic E-state index is 11.9. The van der Waals surface area contributed by atoms with E-state index >= 15 is 0 Å². The van der Waals surface area contributed by atoms with E-state index in [1.165, 1.54) is 24.3 Å². The minimum atomic E-state index is -4.29. The molecule has 1 aromatic rings. The van der Waals surface area contributed by atoms with E-state index in [2.05, 4.69) is 10.0 Å². The van der Waals surface area contributed by atoms with Gasteiger partial charge in [-0.3, -0.25) is 0 Å². The zero-order chi connectivity index (χ0) is 10.6. The van der Waals surface area contributed by atoms with Crippen molar-refractivity contribution in [3.05, 3.63) is 34.7 Å². The van der Waals surface area contributed by atoms with Gasteiger partial charge in [-0.25, -0.2) is 0 Å². The summed E-state index contributed by atoms with van der Waals surface area (Å²) >= 11 is -0.207. The molecule has 14 heavy (non-hydrogen) atoms. The highest BCUT2D eigenvalue weighted by atomic mass is 32.2. The summed E-state index contributed by atoms with van der Waals surface area (Å²) < 4.78 is 35.6. The Hall–Kier alpha value is -1.33. The summed E-state index contributed by atoms with van der Waals surface area (Å²) in [4.78, 5) is 2.57. The second-order valence-corrected chi connectivity index (χ2v) is 3.37. The molecule has 0 fully saturated rings. The molecule has 74 valence electrons. The van der Waals surface area contributed by atoms with Crippen LogP contribution in [0, 0.1) is 0 Å². The molecule has 1 aromatic carbocycles. The van der Waals surface area contributed by atoms with Gasteiger partial charge in [0, 0.05) is 15.5 Å². The van der Waals surface area contributed by atoms with Gasteiger partial charge in [0.15, 0.2) is 0 Å². The molecule has 0 aliphatic heterocycles. The van der Waals surface area contributed by atoms with E-state index in [0.29, 0.717) is 5.69 Å². The fraction of sp³-hybridized carbons (Fsp3) is 0.143. The third kappa shape index (κ3) is 3.59. The Labute approximate surface area is 81.5 Å². The summed E-state index contributed by atoms with van der Waals surface area (Å²) in [7, 11) is 0. The molecule has 3 nitrogen and oxygen atoms in total. The average Bonchev–Trinajstić information content (AvgIpc) is 2.06. The lowest BCUT2D eigenvalue weighted by molar-refractivity contribution is -0.0328. The zero-order valence-corrected chi connectivity index (χ0v) is 7.51. The highest BCUT2D eigenvalue weighted by molar-refractivity contribution is 8.00. The largest absolute Gasteiger partial charge is 0.446 e. The predicted octanol–water partition coefficient (Wildman–Crippen LogP) is 4.24. The Bertz CT molecular complexity index is 353. The lowest BCUT2D eigenvalue weighted by Crippen LogP contribution is -1.98. The topological polar surface area (TPSA) is 48.8 Å². The van der Waals surface area contributed by atoms with Gasteiger partial charge in [-0.15, -0.1) is 0 Å². The van der Waals surface area contributed by atoms with Crippen LogP contribution in [-0.2, 0) is 0 Å². The Morgan fingerprint density at radius 3 is 2.21 bits per heavy atom. The first-order valence-corrected chi connectivity index (χ1v) is 4.24. The first-order chi connectivity index (χ1) is 6.51. The number of halogens is 3. The van der Waals surface area contributed by atoms with Gasteiger partial charge in [0.2, 0.25) is 0 Å². The number of nitrogens with zero attached hydrogens (tertiary/aromatic N) is 3. The second kappa shape index (κ2) is 4.26. The third-order valence-electron chi connectivity index (χ3n) is 1.23. The molecular formula is C7H4F3N3S. The average molecular weight is 219 g/mol. The van der Waals surface area contributed by atoms with E-state index in [4.69, 9.17) is 5.53 Å². The number of rotatable bonds is 2. The smallest absolute Gasteiger partial charge is 0.160 e. The van der Waals surface area contributed by atoms with E-state index in [9.17, 15) is 13.2 Å². The number of thioether (sulfide) groups is 1. The molecule has 0 aromatic heterocycles. The SMILES string of the molecule is [N-]=[N+]=Nc1ccc(SC(F)(F)F)cc1. The minimum absolute atomic E-state index is 0.0642. The van der Waals surface area contributed by atoms with Crippen molar-refractivity contribution in [1.82, 2.24) is 0 Å². The van der Waals surface area contributed by atoms with Crippen molar-refractivity contribution < 1.29 is 13.2 Å². The van der Waals surface area contributed by atoms with Crippen LogP contribution < -0.4 is 0 Å². The maximum atomic E-state index is 11.9. The van der Waals surface area contributed by atoms with Crippen molar-refractivity contribution in [3.63, 3.8) is 0 Å². The van der Waals surface area contributed by atoms with Gasteiger partial charge < -0.3 is 0 Å².